The number of benzene rings is 1. The number of esters is 1. The van der Waals surface area contributed by atoms with Gasteiger partial charge in [0.25, 0.3) is 0 Å². The zero-order valence-corrected chi connectivity index (χ0v) is 19.7. The van der Waals surface area contributed by atoms with E-state index in [0.717, 1.165) is 15.8 Å². The summed E-state index contributed by atoms with van der Waals surface area (Å²) in [6.07, 6.45) is -0.898. The Labute approximate surface area is 194 Å². The average Bonchev–Trinajstić information content (AvgIpc) is 3.25. The average molecular weight is 472 g/mol. The molecule has 1 amide bonds. The molecule has 1 aromatic carbocycles. The molecular formula is C24H25NO7S. The summed E-state index contributed by atoms with van der Waals surface area (Å²) in [5.41, 5.74) is 1.02. The Balaban J connectivity index is 1.62. The number of hydrogen-bond acceptors (Lipinski definition) is 8. The van der Waals surface area contributed by atoms with Crippen molar-refractivity contribution < 1.29 is 28.3 Å². The predicted octanol–water partition coefficient (Wildman–Crippen LogP) is 3.55. The van der Waals surface area contributed by atoms with Gasteiger partial charge in [0.15, 0.2) is 6.10 Å². The van der Waals surface area contributed by atoms with Gasteiger partial charge in [-0.3, -0.25) is 14.4 Å². The van der Waals surface area contributed by atoms with E-state index in [0.29, 0.717) is 28.3 Å². The van der Waals surface area contributed by atoms with Crippen molar-refractivity contribution in [2.45, 2.75) is 46.3 Å². The van der Waals surface area contributed by atoms with Gasteiger partial charge in [-0.05, 0) is 50.1 Å². The summed E-state index contributed by atoms with van der Waals surface area (Å²) in [6.45, 7) is 5.06. The fourth-order valence-electron chi connectivity index (χ4n) is 3.34. The summed E-state index contributed by atoms with van der Waals surface area (Å²) < 4.78 is 15.8. The van der Waals surface area contributed by atoms with Crippen molar-refractivity contribution in [3.8, 4) is 5.75 Å². The molecular weight excluding hydrogens is 446 g/mol. The van der Waals surface area contributed by atoms with Gasteiger partial charge in [0.05, 0.1) is 18.5 Å². The summed E-state index contributed by atoms with van der Waals surface area (Å²) in [7, 11) is 1.53. The van der Waals surface area contributed by atoms with Crippen molar-refractivity contribution in [3.05, 3.63) is 61.6 Å². The zero-order valence-electron chi connectivity index (χ0n) is 18.9. The number of nitrogens with one attached hydrogen (secondary N) is 1. The van der Waals surface area contributed by atoms with Crippen LogP contribution < -0.4 is 15.7 Å². The number of amides is 1. The molecule has 8 nitrogen and oxygen atoms in total. The highest BCUT2D eigenvalue weighted by atomic mass is 32.1. The first-order valence-corrected chi connectivity index (χ1v) is 11.2. The van der Waals surface area contributed by atoms with Gasteiger partial charge in [0.1, 0.15) is 11.3 Å². The molecule has 0 spiro atoms. The summed E-state index contributed by atoms with van der Waals surface area (Å²) in [6, 6.07) is 8.61. The minimum absolute atomic E-state index is 0.0664. The number of Topliss-reactive ketones (excluding diaryl/α,β-unsaturated/α-hetero) is 1. The van der Waals surface area contributed by atoms with Crippen LogP contribution in [0.3, 0.4) is 0 Å². The van der Waals surface area contributed by atoms with E-state index in [1.54, 1.807) is 37.3 Å². The number of hydrogen-bond donors (Lipinski definition) is 1. The highest BCUT2D eigenvalue weighted by molar-refractivity contribution is 7.14. The van der Waals surface area contributed by atoms with Crippen LogP contribution >= 0.6 is 11.3 Å². The molecule has 0 radical (unpaired) electrons. The van der Waals surface area contributed by atoms with E-state index in [1.807, 2.05) is 0 Å². The highest BCUT2D eigenvalue weighted by Crippen LogP contribution is 2.25. The fourth-order valence-corrected chi connectivity index (χ4v) is 4.31. The molecule has 0 aliphatic rings. The van der Waals surface area contributed by atoms with Gasteiger partial charge in [-0.15, -0.1) is 11.3 Å². The maximum atomic E-state index is 12.6. The second-order valence-corrected chi connectivity index (χ2v) is 8.70. The summed E-state index contributed by atoms with van der Waals surface area (Å²) in [4.78, 5) is 49.7. The van der Waals surface area contributed by atoms with Crippen LogP contribution in [0.1, 0.15) is 45.9 Å². The molecule has 0 saturated heterocycles. The van der Waals surface area contributed by atoms with Crippen LogP contribution in [0.15, 0.2) is 39.5 Å². The van der Waals surface area contributed by atoms with Crippen LogP contribution in [0, 0.1) is 6.92 Å². The quantitative estimate of drug-likeness (QED) is 0.288. The van der Waals surface area contributed by atoms with Crippen molar-refractivity contribution in [2.24, 2.45) is 0 Å². The van der Waals surface area contributed by atoms with E-state index in [9.17, 15) is 19.2 Å². The van der Waals surface area contributed by atoms with E-state index < -0.39 is 17.7 Å². The Morgan fingerprint density at radius 3 is 2.64 bits per heavy atom. The molecule has 2 heterocycles. The zero-order chi connectivity index (χ0) is 24.1. The number of methoxy groups -OCH3 is 1. The van der Waals surface area contributed by atoms with Gasteiger partial charge >= 0.3 is 11.6 Å². The van der Waals surface area contributed by atoms with Crippen LogP contribution in [0.2, 0.25) is 0 Å². The van der Waals surface area contributed by atoms with Crippen LogP contribution in [0.5, 0.6) is 5.75 Å². The molecule has 0 aliphatic carbocycles. The SMILES string of the molecule is COc1ccc2c(C)c(CCC(=O)OC(C)C(=O)c3ccc(CNC(C)=O)s3)c(=O)oc2c1. The molecule has 1 N–H and O–H groups in total. The third-order valence-electron chi connectivity index (χ3n) is 5.17. The minimum atomic E-state index is -0.966. The minimum Gasteiger partial charge on any atom is -0.497 e. The third-order valence-corrected chi connectivity index (χ3v) is 6.27. The predicted molar refractivity (Wildman–Crippen MR) is 124 cm³/mol. The molecule has 1 unspecified atom stereocenters. The van der Waals surface area contributed by atoms with E-state index in [-0.39, 0.29) is 24.5 Å². The molecule has 0 aliphatic heterocycles. The number of thiophene rings is 1. The third kappa shape index (κ3) is 5.87. The fraction of sp³-hybridized carbons (Fsp3) is 0.333. The number of ketones is 1. The maximum Gasteiger partial charge on any atom is 0.339 e. The molecule has 174 valence electrons. The highest BCUT2D eigenvalue weighted by Gasteiger charge is 2.22. The number of rotatable bonds is 9. The maximum absolute atomic E-state index is 12.6. The normalized spacial score (nSPS) is 11.8. The van der Waals surface area contributed by atoms with Crippen molar-refractivity contribution in [1.29, 1.82) is 0 Å². The Bertz CT molecular complexity index is 1260. The van der Waals surface area contributed by atoms with E-state index in [4.69, 9.17) is 13.9 Å². The van der Waals surface area contributed by atoms with Crippen LogP contribution in [-0.4, -0.2) is 30.9 Å². The number of carbonyl (C=O) groups excluding carboxylic acids is 3. The molecule has 0 fully saturated rings. The summed E-state index contributed by atoms with van der Waals surface area (Å²) >= 11 is 1.24. The second kappa shape index (κ2) is 10.4. The lowest BCUT2D eigenvalue weighted by Gasteiger charge is -2.12. The lowest BCUT2D eigenvalue weighted by molar-refractivity contribution is -0.146. The van der Waals surface area contributed by atoms with Crippen LogP contribution in [-0.2, 0) is 27.3 Å². The van der Waals surface area contributed by atoms with E-state index in [1.165, 1.54) is 32.3 Å². The van der Waals surface area contributed by atoms with E-state index >= 15 is 0 Å². The Hall–Kier alpha value is -3.46. The first-order chi connectivity index (χ1) is 15.7. The van der Waals surface area contributed by atoms with Gasteiger partial charge in [-0.1, -0.05) is 0 Å². The molecule has 0 saturated carbocycles. The van der Waals surface area contributed by atoms with Gasteiger partial charge in [-0.25, -0.2) is 4.79 Å². The van der Waals surface area contributed by atoms with Gasteiger partial charge in [0, 0.05) is 35.2 Å². The number of fused-ring (bicyclic) bond motifs is 1. The Kier molecular flexibility index (Phi) is 7.65. The molecule has 33 heavy (non-hydrogen) atoms. The lowest BCUT2D eigenvalue weighted by Crippen LogP contribution is -2.24. The first kappa shape index (κ1) is 24.2. The van der Waals surface area contributed by atoms with Crippen molar-refractivity contribution in [2.75, 3.05) is 7.11 Å². The van der Waals surface area contributed by atoms with Crippen molar-refractivity contribution >= 4 is 40.0 Å². The van der Waals surface area contributed by atoms with Gasteiger partial charge < -0.3 is 19.2 Å². The summed E-state index contributed by atoms with van der Waals surface area (Å²) in [5, 5.41) is 3.43. The van der Waals surface area contributed by atoms with Gasteiger partial charge in [-0.2, -0.15) is 0 Å². The van der Waals surface area contributed by atoms with E-state index in [2.05, 4.69) is 5.32 Å². The molecule has 9 heteroatoms. The lowest BCUT2D eigenvalue weighted by atomic mass is 10.0. The summed E-state index contributed by atoms with van der Waals surface area (Å²) in [5.74, 6) is -0.487. The van der Waals surface area contributed by atoms with Crippen LogP contribution in [0.25, 0.3) is 11.0 Å². The molecule has 0 bridgehead atoms. The molecule has 1 atom stereocenters. The number of carbonyl (C=O) groups is 3. The van der Waals surface area contributed by atoms with Crippen LogP contribution in [0.4, 0.5) is 0 Å². The van der Waals surface area contributed by atoms with Crippen molar-refractivity contribution in [3.63, 3.8) is 0 Å². The smallest absolute Gasteiger partial charge is 0.339 e. The topological polar surface area (TPSA) is 112 Å². The number of ether oxygens (including phenoxy) is 2. The monoisotopic (exact) mass is 471 g/mol. The second-order valence-electron chi connectivity index (χ2n) is 7.53. The molecule has 2 aromatic heterocycles. The largest absolute Gasteiger partial charge is 0.497 e. The van der Waals surface area contributed by atoms with Crippen molar-refractivity contribution in [1.82, 2.24) is 5.32 Å². The molecule has 3 aromatic rings. The Morgan fingerprint density at radius 1 is 1.18 bits per heavy atom. The van der Waals surface area contributed by atoms with Gasteiger partial charge in [0.2, 0.25) is 11.7 Å². The standard InChI is InChI=1S/C24H25NO7S/c1-13-18-7-5-16(30-4)11-20(18)32-24(29)19(13)8-10-22(27)31-14(2)23(28)21-9-6-17(33-21)12-25-15(3)26/h5-7,9,11,14H,8,10,12H2,1-4H3,(H,25,26). The number of aryl methyl sites for hydroxylation is 1. The molecule has 3 rings (SSSR count). The first-order valence-electron chi connectivity index (χ1n) is 10.4. The Morgan fingerprint density at radius 2 is 1.94 bits per heavy atom.